The zero-order chi connectivity index (χ0) is 10.8. The van der Waals surface area contributed by atoms with Gasteiger partial charge in [0.1, 0.15) is 0 Å². The molecule has 15 heavy (non-hydrogen) atoms. The molecule has 1 N–H and O–H groups in total. The van der Waals surface area contributed by atoms with Crippen LogP contribution in [0.25, 0.3) is 5.69 Å². The Morgan fingerprint density at radius 2 is 2.00 bits per heavy atom. The van der Waals surface area contributed by atoms with E-state index >= 15 is 0 Å². The SMILES string of the molecule is O=C(O)c1nn(-c2ccccc2)cc1Br. The highest BCUT2D eigenvalue weighted by Gasteiger charge is 2.13. The lowest BCUT2D eigenvalue weighted by atomic mass is 10.3. The molecule has 0 amide bonds. The Hall–Kier alpha value is -1.62. The molecule has 1 aromatic carbocycles. The molecule has 0 unspecified atom stereocenters. The first-order chi connectivity index (χ1) is 7.18. The molecule has 0 aliphatic heterocycles. The number of rotatable bonds is 2. The second-order valence-electron chi connectivity index (χ2n) is 2.91. The molecule has 0 atom stereocenters. The van der Waals surface area contributed by atoms with Gasteiger partial charge < -0.3 is 5.11 Å². The van der Waals surface area contributed by atoms with Crippen molar-refractivity contribution in [2.75, 3.05) is 0 Å². The molecule has 0 aliphatic rings. The van der Waals surface area contributed by atoms with Crippen LogP contribution in [-0.2, 0) is 0 Å². The van der Waals surface area contributed by atoms with E-state index < -0.39 is 5.97 Å². The molecule has 1 aromatic heterocycles. The van der Waals surface area contributed by atoms with E-state index in [1.807, 2.05) is 30.3 Å². The maximum Gasteiger partial charge on any atom is 0.357 e. The molecular formula is C10H7BrN2O2. The van der Waals surface area contributed by atoms with Crippen LogP contribution in [0, 0.1) is 0 Å². The van der Waals surface area contributed by atoms with Gasteiger partial charge in [0.15, 0.2) is 5.69 Å². The Kier molecular flexibility index (Phi) is 2.55. The first-order valence-corrected chi connectivity index (χ1v) is 5.01. The molecule has 0 bridgehead atoms. The first kappa shape index (κ1) is 9.92. The third-order valence-electron chi connectivity index (χ3n) is 1.89. The lowest BCUT2D eigenvalue weighted by Gasteiger charge is -1.98. The van der Waals surface area contributed by atoms with E-state index in [0.717, 1.165) is 5.69 Å². The third-order valence-corrected chi connectivity index (χ3v) is 2.47. The van der Waals surface area contributed by atoms with Crippen LogP contribution in [0.1, 0.15) is 10.5 Å². The normalized spacial score (nSPS) is 10.2. The van der Waals surface area contributed by atoms with Gasteiger partial charge in [-0.2, -0.15) is 5.10 Å². The number of carboxylic acids is 1. The topological polar surface area (TPSA) is 55.1 Å². The Morgan fingerprint density at radius 3 is 2.53 bits per heavy atom. The summed E-state index contributed by atoms with van der Waals surface area (Å²) in [6.07, 6.45) is 1.62. The number of halogens is 1. The standard InChI is InChI=1S/C10H7BrN2O2/c11-8-6-13(12-9(8)10(14)15)7-4-2-1-3-5-7/h1-6H,(H,14,15). The van der Waals surface area contributed by atoms with Crippen molar-refractivity contribution in [3.8, 4) is 5.69 Å². The summed E-state index contributed by atoms with van der Waals surface area (Å²) in [5, 5.41) is 12.8. The van der Waals surface area contributed by atoms with E-state index in [0.29, 0.717) is 4.47 Å². The van der Waals surface area contributed by atoms with Crippen molar-refractivity contribution in [1.82, 2.24) is 9.78 Å². The van der Waals surface area contributed by atoms with E-state index in [-0.39, 0.29) is 5.69 Å². The zero-order valence-corrected chi connectivity index (χ0v) is 9.18. The Balaban J connectivity index is 2.48. The zero-order valence-electron chi connectivity index (χ0n) is 7.59. The molecule has 2 rings (SSSR count). The molecule has 76 valence electrons. The molecule has 0 saturated carbocycles. The second-order valence-corrected chi connectivity index (χ2v) is 3.77. The lowest BCUT2D eigenvalue weighted by Crippen LogP contribution is -2.01. The highest BCUT2D eigenvalue weighted by atomic mass is 79.9. The third kappa shape index (κ3) is 1.92. The predicted molar refractivity (Wildman–Crippen MR) is 58.2 cm³/mol. The summed E-state index contributed by atoms with van der Waals surface area (Å²) in [4.78, 5) is 10.8. The fraction of sp³-hybridized carbons (Fsp3) is 0. The summed E-state index contributed by atoms with van der Waals surface area (Å²) in [5.74, 6) is -1.04. The van der Waals surface area contributed by atoms with Crippen LogP contribution in [-0.4, -0.2) is 20.9 Å². The number of nitrogens with zero attached hydrogens (tertiary/aromatic N) is 2. The van der Waals surface area contributed by atoms with Crippen molar-refractivity contribution in [2.24, 2.45) is 0 Å². The Labute approximate surface area is 94.3 Å². The van der Waals surface area contributed by atoms with Gasteiger partial charge in [0.2, 0.25) is 0 Å². The fourth-order valence-electron chi connectivity index (χ4n) is 1.21. The quantitative estimate of drug-likeness (QED) is 0.908. The maximum atomic E-state index is 10.8. The lowest BCUT2D eigenvalue weighted by molar-refractivity contribution is 0.0689. The minimum Gasteiger partial charge on any atom is -0.476 e. The van der Waals surface area contributed by atoms with Gasteiger partial charge in [-0.25, -0.2) is 9.48 Å². The molecule has 2 aromatic rings. The fourth-order valence-corrected chi connectivity index (χ4v) is 1.65. The van der Waals surface area contributed by atoms with Gasteiger partial charge in [0, 0.05) is 6.20 Å². The number of carbonyl (C=O) groups is 1. The molecular weight excluding hydrogens is 260 g/mol. The number of aromatic carboxylic acids is 1. The molecule has 0 saturated heterocycles. The first-order valence-electron chi connectivity index (χ1n) is 4.22. The van der Waals surface area contributed by atoms with E-state index in [2.05, 4.69) is 21.0 Å². The predicted octanol–water partition coefficient (Wildman–Crippen LogP) is 2.33. The highest BCUT2D eigenvalue weighted by molar-refractivity contribution is 9.10. The van der Waals surface area contributed by atoms with E-state index in [4.69, 9.17) is 5.11 Å². The van der Waals surface area contributed by atoms with Crippen LogP contribution in [0.2, 0.25) is 0 Å². The van der Waals surface area contributed by atoms with Gasteiger partial charge in [0.05, 0.1) is 10.2 Å². The summed E-state index contributed by atoms with van der Waals surface area (Å²) >= 11 is 3.15. The average Bonchev–Trinajstić information content (AvgIpc) is 2.62. The minimum atomic E-state index is -1.04. The van der Waals surface area contributed by atoms with Gasteiger partial charge in [-0.15, -0.1) is 0 Å². The largest absolute Gasteiger partial charge is 0.476 e. The van der Waals surface area contributed by atoms with Crippen LogP contribution >= 0.6 is 15.9 Å². The van der Waals surface area contributed by atoms with Crippen LogP contribution in [0.4, 0.5) is 0 Å². The summed E-state index contributed by atoms with van der Waals surface area (Å²) in [6, 6.07) is 9.33. The summed E-state index contributed by atoms with van der Waals surface area (Å²) in [7, 11) is 0. The molecule has 0 aliphatic carbocycles. The molecule has 0 radical (unpaired) electrons. The van der Waals surface area contributed by atoms with Crippen molar-refractivity contribution in [2.45, 2.75) is 0 Å². The van der Waals surface area contributed by atoms with Crippen molar-refractivity contribution >= 4 is 21.9 Å². The van der Waals surface area contributed by atoms with Crippen LogP contribution in [0.15, 0.2) is 41.0 Å². The summed E-state index contributed by atoms with van der Waals surface area (Å²) in [6.45, 7) is 0. The van der Waals surface area contributed by atoms with Gasteiger partial charge in [-0.1, -0.05) is 18.2 Å². The summed E-state index contributed by atoms with van der Waals surface area (Å²) in [5.41, 5.74) is 0.838. The molecule has 4 nitrogen and oxygen atoms in total. The van der Waals surface area contributed by atoms with E-state index in [1.165, 1.54) is 4.68 Å². The van der Waals surface area contributed by atoms with Gasteiger partial charge in [-0.05, 0) is 28.1 Å². The van der Waals surface area contributed by atoms with Crippen LogP contribution in [0.3, 0.4) is 0 Å². The minimum absolute atomic E-state index is 0.0128. The highest BCUT2D eigenvalue weighted by Crippen LogP contribution is 2.17. The second kappa shape index (κ2) is 3.86. The van der Waals surface area contributed by atoms with Gasteiger partial charge in [-0.3, -0.25) is 0 Å². The molecule has 5 heteroatoms. The van der Waals surface area contributed by atoms with Crippen molar-refractivity contribution in [1.29, 1.82) is 0 Å². The Bertz CT molecular complexity index is 493. The molecule has 0 fully saturated rings. The molecule has 1 heterocycles. The maximum absolute atomic E-state index is 10.8. The molecule has 0 spiro atoms. The summed E-state index contributed by atoms with van der Waals surface area (Å²) < 4.78 is 1.99. The van der Waals surface area contributed by atoms with Crippen molar-refractivity contribution in [3.05, 3.63) is 46.7 Å². The number of hydrogen-bond donors (Lipinski definition) is 1. The van der Waals surface area contributed by atoms with Crippen molar-refractivity contribution in [3.63, 3.8) is 0 Å². The number of benzene rings is 1. The van der Waals surface area contributed by atoms with Crippen LogP contribution < -0.4 is 0 Å². The number of carboxylic acid groups (broad SMARTS) is 1. The monoisotopic (exact) mass is 266 g/mol. The Morgan fingerprint density at radius 1 is 1.33 bits per heavy atom. The van der Waals surface area contributed by atoms with E-state index in [9.17, 15) is 4.79 Å². The van der Waals surface area contributed by atoms with Crippen molar-refractivity contribution < 1.29 is 9.90 Å². The number of aromatic nitrogens is 2. The van der Waals surface area contributed by atoms with Gasteiger partial charge in [0.25, 0.3) is 0 Å². The average molecular weight is 267 g/mol. The smallest absolute Gasteiger partial charge is 0.357 e. The number of hydrogen-bond acceptors (Lipinski definition) is 2. The number of para-hydroxylation sites is 1. The van der Waals surface area contributed by atoms with E-state index in [1.54, 1.807) is 6.20 Å². The van der Waals surface area contributed by atoms with Gasteiger partial charge >= 0.3 is 5.97 Å². The van der Waals surface area contributed by atoms with Crippen LogP contribution in [0.5, 0.6) is 0 Å².